The average Bonchev–Trinajstić information content (AvgIpc) is 3.44. The van der Waals surface area contributed by atoms with Crippen LogP contribution in [0.15, 0.2) is 34.5 Å². The minimum atomic E-state index is -3.73. The van der Waals surface area contributed by atoms with Crippen molar-refractivity contribution in [3.05, 3.63) is 45.6 Å². The van der Waals surface area contributed by atoms with Crippen molar-refractivity contribution in [1.82, 2.24) is 4.31 Å². The number of aryl methyl sites for hydroxylation is 2. The first-order valence-corrected chi connectivity index (χ1v) is 12.4. The van der Waals surface area contributed by atoms with Crippen LogP contribution in [0.4, 0.5) is 5.69 Å². The maximum absolute atomic E-state index is 12.8. The number of ether oxygens (including phenoxy) is 1. The Morgan fingerprint density at radius 2 is 1.73 bits per heavy atom. The Morgan fingerprint density at radius 1 is 1.10 bits per heavy atom. The molecule has 2 heterocycles. The number of sulfonamides is 1. The molecular formula is C21H26N2O5S2. The number of hydrogen-bond acceptors (Lipinski definition) is 6. The van der Waals surface area contributed by atoms with Gasteiger partial charge in [0.05, 0.1) is 0 Å². The van der Waals surface area contributed by atoms with Crippen LogP contribution in [0.3, 0.4) is 0 Å². The molecule has 30 heavy (non-hydrogen) atoms. The topological polar surface area (TPSA) is 92.8 Å². The highest BCUT2D eigenvalue weighted by molar-refractivity contribution is 7.89. The van der Waals surface area contributed by atoms with Crippen LogP contribution in [0, 0.1) is 0 Å². The summed E-state index contributed by atoms with van der Waals surface area (Å²) in [4.78, 5) is 24.9. The van der Waals surface area contributed by atoms with Gasteiger partial charge in [0.25, 0.3) is 5.91 Å². The van der Waals surface area contributed by atoms with E-state index in [4.69, 9.17) is 4.74 Å². The van der Waals surface area contributed by atoms with Gasteiger partial charge < -0.3 is 10.1 Å². The number of nitrogens with one attached hydrogen (secondary N) is 1. The van der Waals surface area contributed by atoms with Crippen LogP contribution in [0.1, 0.15) is 47.5 Å². The van der Waals surface area contributed by atoms with Crippen molar-refractivity contribution in [2.75, 3.05) is 25.0 Å². The fourth-order valence-corrected chi connectivity index (χ4v) is 6.29. The quantitative estimate of drug-likeness (QED) is 0.622. The summed E-state index contributed by atoms with van der Waals surface area (Å²) in [5, 5.41) is 4.38. The molecule has 9 heteroatoms. The Bertz CT molecular complexity index is 1000. The number of carbonyl (C=O) groups excluding carboxylic acids is 2. The molecule has 0 aliphatic carbocycles. The second-order valence-corrected chi connectivity index (χ2v) is 9.83. The molecule has 0 unspecified atom stereocenters. The van der Waals surface area contributed by atoms with Gasteiger partial charge in [-0.25, -0.2) is 13.2 Å². The highest BCUT2D eigenvalue weighted by atomic mass is 32.2. The number of esters is 1. The molecule has 1 N–H and O–H groups in total. The molecule has 0 atom stereocenters. The van der Waals surface area contributed by atoms with Gasteiger partial charge in [0, 0.05) is 18.8 Å². The van der Waals surface area contributed by atoms with E-state index < -0.39 is 28.5 Å². The molecule has 1 aliphatic heterocycles. The van der Waals surface area contributed by atoms with E-state index in [1.165, 1.54) is 10.4 Å². The zero-order valence-electron chi connectivity index (χ0n) is 17.1. The lowest BCUT2D eigenvalue weighted by atomic mass is 10.0. The van der Waals surface area contributed by atoms with Crippen LogP contribution in [0.25, 0.3) is 0 Å². The Kier molecular flexibility index (Phi) is 7.27. The Labute approximate surface area is 181 Å². The first-order chi connectivity index (χ1) is 14.4. The van der Waals surface area contributed by atoms with Gasteiger partial charge in [0.1, 0.15) is 9.77 Å². The molecule has 1 saturated heterocycles. The highest BCUT2D eigenvalue weighted by Crippen LogP contribution is 2.28. The Balaban J connectivity index is 1.68. The molecule has 162 valence electrons. The molecule has 1 fully saturated rings. The van der Waals surface area contributed by atoms with Gasteiger partial charge in [-0.15, -0.1) is 11.3 Å². The lowest BCUT2D eigenvalue weighted by Gasteiger charge is -2.16. The summed E-state index contributed by atoms with van der Waals surface area (Å²) >= 11 is 0.999. The number of hydrogen-bond donors (Lipinski definition) is 1. The standard InChI is InChI=1S/C21H26N2O5S2/c1-3-15-8-7-9-16(4-2)19(15)22-18(24)14-28-21(25)20-17(10-13-29-20)30(26,27)23-11-5-6-12-23/h7-10,13H,3-6,11-12,14H2,1-2H3,(H,22,24). The van der Waals surface area contributed by atoms with Crippen molar-refractivity contribution in [3.63, 3.8) is 0 Å². The number of anilines is 1. The normalized spacial score (nSPS) is 14.6. The molecule has 3 rings (SSSR count). The third-order valence-electron chi connectivity index (χ3n) is 5.09. The lowest BCUT2D eigenvalue weighted by Crippen LogP contribution is -2.29. The first kappa shape index (κ1) is 22.5. The van der Waals surface area contributed by atoms with E-state index in [1.807, 2.05) is 32.0 Å². The van der Waals surface area contributed by atoms with Gasteiger partial charge in [-0.3, -0.25) is 4.79 Å². The molecular weight excluding hydrogens is 424 g/mol. The fraction of sp³-hybridized carbons (Fsp3) is 0.429. The zero-order chi connectivity index (χ0) is 21.7. The predicted octanol–water partition coefficient (Wildman–Crippen LogP) is 3.45. The Hall–Kier alpha value is -2.23. The Morgan fingerprint density at radius 3 is 2.33 bits per heavy atom. The van der Waals surface area contributed by atoms with E-state index in [0.717, 1.165) is 53.8 Å². The number of benzene rings is 1. The van der Waals surface area contributed by atoms with Gasteiger partial charge in [0.15, 0.2) is 6.61 Å². The maximum Gasteiger partial charge on any atom is 0.350 e. The lowest BCUT2D eigenvalue weighted by molar-refractivity contribution is -0.119. The second kappa shape index (κ2) is 9.72. The molecule has 0 spiro atoms. The van der Waals surface area contributed by atoms with Gasteiger partial charge in [-0.1, -0.05) is 32.0 Å². The number of rotatable bonds is 8. The zero-order valence-corrected chi connectivity index (χ0v) is 18.8. The van der Waals surface area contributed by atoms with E-state index in [9.17, 15) is 18.0 Å². The van der Waals surface area contributed by atoms with E-state index in [0.29, 0.717) is 13.1 Å². The summed E-state index contributed by atoms with van der Waals surface area (Å²) in [5.41, 5.74) is 2.76. The van der Waals surface area contributed by atoms with Crippen LogP contribution in [0.2, 0.25) is 0 Å². The summed E-state index contributed by atoms with van der Waals surface area (Å²) in [5.74, 6) is -1.27. The monoisotopic (exact) mass is 450 g/mol. The molecule has 1 amide bonds. The van der Waals surface area contributed by atoms with E-state index in [1.54, 1.807) is 5.38 Å². The van der Waals surface area contributed by atoms with Crippen LogP contribution < -0.4 is 5.32 Å². The van der Waals surface area contributed by atoms with Crippen LogP contribution in [-0.4, -0.2) is 44.3 Å². The van der Waals surface area contributed by atoms with Crippen molar-refractivity contribution >= 4 is 38.9 Å². The molecule has 7 nitrogen and oxygen atoms in total. The summed E-state index contributed by atoms with van der Waals surface area (Å²) in [6.07, 6.45) is 3.14. The molecule has 0 radical (unpaired) electrons. The van der Waals surface area contributed by atoms with Gasteiger partial charge in [-0.05, 0) is 48.3 Å². The van der Waals surface area contributed by atoms with Gasteiger partial charge >= 0.3 is 5.97 Å². The summed E-state index contributed by atoms with van der Waals surface area (Å²) in [7, 11) is -3.73. The third kappa shape index (κ3) is 4.74. The molecule has 0 bridgehead atoms. The maximum atomic E-state index is 12.8. The first-order valence-electron chi connectivity index (χ1n) is 10.0. The number of nitrogens with zero attached hydrogens (tertiary/aromatic N) is 1. The molecule has 1 aliphatic rings. The number of amides is 1. The molecule has 0 saturated carbocycles. The van der Waals surface area contributed by atoms with E-state index in [2.05, 4.69) is 5.32 Å². The number of carbonyl (C=O) groups is 2. The van der Waals surface area contributed by atoms with Crippen molar-refractivity contribution in [2.45, 2.75) is 44.4 Å². The minimum Gasteiger partial charge on any atom is -0.451 e. The number of para-hydroxylation sites is 1. The SMILES string of the molecule is CCc1cccc(CC)c1NC(=O)COC(=O)c1sccc1S(=O)(=O)N1CCCC1. The molecule has 2 aromatic rings. The van der Waals surface area contributed by atoms with Crippen LogP contribution >= 0.6 is 11.3 Å². The smallest absolute Gasteiger partial charge is 0.350 e. The van der Waals surface area contributed by atoms with Crippen molar-refractivity contribution in [2.24, 2.45) is 0 Å². The summed E-state index contributed by atoms with van der Waals surface area (Å²) in [6.45, 7) is 4.42. The van der Waals surface area contributed by atoms with Crippen molar-refractivity contribution < 1.29 is 22.7 Å². The van der Waals surface area contributed by atoms with E-state index in [-0.39, 0.29) is 9.77 Å². The second-order valence-electron chi connectivity index (χ2n) is 7.01. The van der Waals surface area contributed by atoms with Gasteiger partial charge in [-0.2, -0.15) is 4.31 Å². The van der Waals surface area contributed by atoms with E-state index >= 15 is 0 Å². The molecule has 1 aromatic carbocycles. The number of thiophene rings is 1. The van der Waals surface area contributed by atoms with Gasteiger partial charge in [0.2, 0.25) is 10.0 Å². The largest absolute Gasteiger partial charge is 0.451 e. The van der Waals surface area contributed by atoms with Crippen molar-refractivity contribution in [1.29, 1.82) is 0 Å². The third-order valence-corrected chi connectivity index (χ3v) is 8.06. The van der Waals surface area contributed by atoms with Crippen LogP contribution in [0.5, 0.6) is 0 Å². The highest BCUT2D eigenvalue weighted by Gasteiger charge is 2.32. The fourth-order valence-electron chi connectivity index (χ4n) is 3.49. The molecule has 1 aromatic heterocycles. The van der Waals surface area contributed by atoms with Crippen LogP contribution in [-0.2, 0) is 32.4 Å². The minimum absolute atomic E-state index is 0.00194. The predicted molar refractivity (Wildman–Crippen MR) is 116 cm³/mol. The summed E-state index contributed by atoms with van der Waals surface area (Å²) in [6, 6.07) is 7.26. The average molecular weight is 451 g/mol. The summed E-state index contributed by atoms with van der Waals surface area (Å²) < 4.78 is 32.1. The van der Waals surface area contributed by atoms with Crippen molar-refractivity contribution in [3.8, 4) is 0 Å².